The Bertz CT molecular complexity index is 339. The molecule has 1 heterocycles. The smallest absolute Gasteiger partial charge is 0.135 e. The maximum atomic E-state index is 11.4. The SMILES string of the molecule is Cn1nccc1CCCCC(=O)C1CC1. The van der Waals surface area contributed by atoms with Crippen molar-refractivity contribution in [2.24, 2.45) is 13.0 Å². The summed E-state index contributed by atoms with van der Waals surface area (Å²) in [5, 5.41) is 4.12. The van der Waals surface area contributed by atoms with E-state index in [1.54, 1.807) is 0 Å². The summed E-state index contributed by atoms with van der Waals surface area (Å²) in [5.41, 5.74) is 1.26. The first kappa shape index (κ1) is 10.4. The van der Waals surface area contributed by atoms with Crippen molar-refractivity contribution in [3.8, 4) is 0 Å². The van der Waals surface area contributed by atoms with Crippen LogP contribution in [0.3, 0.4) is 0 Å². The van der Waals surface area contributed by atoms with Crippen LogP contribution in [0.15, 0.2) is 12.3 Å². The number of rotatable bonds is 6. The van der Waals surface area contributed by atoms with Crippen molar-refractivity contribution in [2.45, 2.75) is 38.5 Å². The van der Waals surface area contributed by atoms with Gasteiger partial charge in [0.25, 0.3) is 0 Å². The van der Waals surface area contributed by atoms with Crippen LogP contribution in [0.4, 0.5) is 0 Å². The fourth-order valence-corrected chi connectivity index (χ4v) is 1.86. The minimum absolute atomic E-state index is 0.432. The van der Waals surface area contributed by atoms with Gasteiger partial charge in [0.1, 0.15) is 5.78 Å². The lowest BCUT2D eigenvalue weighted by molar-refractivity contribution is -0.120. The number of Topliss-reactive ketones (excluding diaryl/α,β-unsaturated/α-hetero) is 1. The van der Waals surface area contributed by atoms with Crippen LogP contribution in [0.25, 0.3) is 0 Å². The quantitative estimate of drug-likeness (QED) is 0.668. The Morgan fingerprint density at radius 2 is 2.33 bits per heavy atom. The van der Waals surface area contributed by atoms with Gasteiger partial charge >= 0.3 is 0 Å². The number of carbonyl (C=O) groups is 1. The number of nitrogens with zero attached hydrogens (tertiary/aromatic N) is 2. The van der Waals surface area contributed by atoms with Gasteiger partial charge in [-0.3, -0.25) is 9.48 Å². The zero-order valence-electron chi connectivity index (χ0n) is 9.28. The Kier molecular flexibility index (Phi) is 3.19. The molecular formula is C12H18N2O. The molecule has 3 heteroatoms. The van der Waals surface area contributed by atoms with Crippen LogP contribution in [0.1, 0.15) is 37.8 Å². The molecule has 1 fully saturated rings. The van der Waals surface area contributed by atoms with Gasteiger partial charge in [-0.05, 0) is 38.2 Å². The number of hydrogen-bond donors (Lipinski definition) is 0. The fraction of sp³-hybridized carbons (Fsp3) is 0.667. The van der Waals surface area contributed by atoms with Gasteiger partial charge in [-0.1, -0.05) is 0 Å². The summed E-state index contributed by atoms with van der Waals surface area (Å²) in [7, 11) is 1.96. The van der Waals surface area contributed by atoms with Crippen LogP contribution in [0.2, 0.25) is 0 Å². The van der Waals surface area contributed by atoms with Crippen LogP contribution < -0.4 is 0 Å². The number of ketones is 1. The van der Waals surface area contributed by atoms with E-state index in [1.165, 1.54) is 5.69 Å². The second-order valence-corrected chi connectivity index (χ2v) is 4.39. The van der Waals surface area contributed by atoms with Crippen LogP contribution in [-0.2, 0) is 18.3 Å². The maximum Gasteiger partial charge on any atom is 0.135 e. The molecule has 1 aliphatic rings. The molecule has 0 amide bonds. The van der Waals surface area contributed by atoms with Gasteiger partial charge < -0.3 is 0 Å². The number of aromatic nitrogens is 2. The van der Waals surface area contributed by atoms with Crippen LogP contribution in [-0.4, -0.2) is 15.6 Å². The van der Waals surface area contributed by atoms with Gasteiger partial charge in [0.05, 0.1) is 0 Å². The molecule has 0 aromatic carbocycles. The molecule has 1 aliphatic carbocycles. The first-order chi connectivity index (χ1) is 7.27. The average molecular weight is 206 g/mol. The van der Waals surface area contributed by atoms with E-state index in [-0.39, 0.29) is 0 Å². The fourth-order valence-electron chi connectivity index (χ4n) is 1.86. The highest BCUT2D eigenvalue weighted by atomic mass is 16.1. The first-order valence-corrected chi connectivity index (χ1v) is 5.77. The Balaban J connectivity index is 1.62. The van der Waals surface area contributed by atoms with Crippen molar-refractivity contribution in [1.82, 2.24) is 9.78 Å². The Hall–Kier alpha value is -1.12. The summed E-state index contributed by atoms with van der Waals surface area (Å²) in [6, 6.07) is 2.04. The van der Waals surface area contributed by atoms with Crippen molar-refractivity contribution < 1.29 is 4.79 Å². The van der Waals surface area contributed by atoms with Crippen molar-refractivity contribution in [2.75, 3.05) is 0 Å². The molecule has 0 aliphatic heterocycles. The summed E-state index contributed by atoms with van der Waals surface area (Å²) in [6.45, 7) is 0. The minimum Gasteiger partial charge on any atom is -0.299 e. The van der Waals surface area contributed by atoms with Gasteiger partial charge in [0.15, 0.2) is 0 Å². The van der Waals surface area contributed by atoms with Crippen molar-refractivity contribution in [3.63, 3.8) is 0 Å². The van der Waals surface area contributed by atoms with Gasteiger partial charge in [-0.25, -0.2) is 0 Å². The number of aryl methyl sites for hydroxylation is 2. The molecule has 2 rings (SSSR count). The maximum absolute atomic E-state index is 11.4. The van der Waals surface area contributed by atoms with E-state index in [0.717, 1.165) is 38.5 Å². The molecule has 1 aromatic rings. The lowest BCUT2D eigenvalue weighted by Crippen LogP contribution is -2.01. The molecule has 82 valence electrons. The van der Waals surface area contributed by atoms with Gasteiger partial charge in [0, 0.05) is 31.3 Å². The van der Waals surface area contributed by atoms with Gasteiger partial charge in [0.2, 0.25) is 0 Å². The monoisotopic (exact) mass is 206 g/mol. The van der Waals surface area contributed by atoms with E-state index in [4.69, 9.17) is 0 Å². The molecule has 1 aromatic heterocycles. The summed E-state index contributed by atoms with van der Waals surface area (Å²) in [5.74, 6) is 0.918. The predicted molar refractivity (Wildman–Crippen MR) is 58.5 cm³/mol. The van der Waals surface area contributed by atoms with Crippen molar-refractivity contribution in [3.05, 3.63) is 18.0 Å². The zero-order valence-corrected chi connectivity index (χ0v) is 9.28. The number of unbranched alkanes of at least 4 members (excludes halogenated alkanes) is 1. The molecule has 0 unspecified atom stereocenters. The largest absolute Gasteiger partial charge is 0.299 e. The second kappa shape index (κ2) is 4.60. The Labute approximate surface area is 90.5 Å². The summed E-state index contributed by atoms with van der Waals surface area (Å²) < 4.78 is 1.91. The molecule has 0 bridgehead atoms. The number of hydrogen-bond acceptors (Lipinski definition) is 2. The third-order valence-electron chi connectivity index (χ3n) is 3.06. The third kappa shape index (κ3) is 2.91. The van der Waals surface area contributed by atoms with E-state index >= 15 is 0 Å². The predicted octanol–water partition coefficient (Wildman–Crippen LogP) is 2.11. The molecule has 0 atom stereocenters. The lowest BCUT2D eigenvalue weighted by atomic mass is 10.1. The van der Waals surface area contributed by atoms with Gasteiger partial charge in [-0.2, -0.15) is 5.10 Å². The highest BCUT2D eigenvalue weighted by Crippen LogP contribution is 2.31. The summed E-state index contributed by atoms with van der Waals surface area (Å²) in [4.78, 5) is 11.4. The molecule has 0 N–H and O–H groups in total. The van der Waals surface area contributed by atoms with E-state index in [9.17, 15) is 4.79 Å². The molecule has 1 saturated carbocycles. The Morgan fingerprint density at radius 1 is 1.53 bits per heavy atom. The molecule has 0 radical (unpaired) electrons. The summed E-state index contributed by atoms with van der Waals surface area (Å²) >= 11 is 0. The molecule has 15 heavy (non-hydrogen) atoms. The van der Waals surface area contributed by atoms with E-state index in [1.807, 2.05) is 24.0 Å². The minimum atomic E-state index is 0.432. The standard InChI is InChI=1S/C12H18N2O/c1-14-11(8-9-13-14)4-2-3-5-12(15)10-6-7-10/h8-10H,2-7H2,1H3. The highest BCUT2D eigenvalue weighted by molar-refractivity contribution is 5.82. The zero-order chi connectivity index (χ0) is 10.7. The van der Waals surface area contributed by atoms with Crippen molar-refractivity contribution in [1.29, 1.82) is 0 Å². The topological polar surface area (TPSA) is 34.9 Å². The third-order valence-corrected chi connectivity index (χ3v) is 3.06. The van der Waals surface area contributed by atoms with Crippen LogP contribution >= 0.6 is 0 Å². The van der Waals surface area contributed by atoms with Crippen molar-refractivity contribution >= 4 is 5.78 Å². The van der Waals surface area contributed by atoms with Crippen LogP contribution in [0, 0.1) is 5.92 Å². The number of carbonyl (C=O) groups excluding carboxylic acids is 1. The normalized spacial score (nSPS) is 15.5. The molecular weight excluding hydrogens is 188 g/mol. The lowest BCUT2D eigenvalue weighted by Gasteiger charge is -2.01. The molecule has 0 spiro atoms. The first-order valence-electron chi connectivity index (χ1n) is 5.77. The van der Waals surface area contributed by atoms with E-state index in [0.29, 0.717) is 11.7 Å². The highest BCUT2D eigenvalue weighted by Gasteiger charge is 2.28. The second-order valence-electron chi connectivity index (χ2n) is 4.39. The van der Waals surface area contributed by atoms with E-state index < -0.39 is 0 Å². The molecule has 3 nitrogen and oxygen atoms in total. The van der Waals surface area contributed by atoms with Crippen LogP contribution in [0.5, 0.6) is 0 Å². The average Bonchev–Trinajstić information content (AvgIpc) is 2.99. The summed E-state index contributed by atoms with van der Waals surface area (Å²) in [6.07, 6.45) is 8.04. The van der Waals surface area contributed by atoms with E-state index in [2.05, 4.69) is 5.10 Å². The molecule has 0 saturated heterocycles. The Morgan fingerprint density at radius 3 is 2.93 bits per heavy atom. The van der Waals surface area contributed by atoms with Gasteiger partial charge in [-0.15, -0.1) is 0 Å².